The van der Waals surface area contributed by atoms with Crippen molar-refractivity contribution in [2.45, 2.75) is 24.7 Å². The van der Waals surface area contributed by atoms with Crippen molar-refractivity contribution in [1.29, 1.82) is 0 Å². The number of carbonyl (C=O) groups excluding carboxylic acids is 1. The lowest BCUT2D eigenvalue weighted by atomic mass is 9.70. The Labute approximate surface area is 138 Å². The summed E-state index contributed by atoms with van der Waals surface area (Å²) in [5, 5.41) is 12.4. The highest BCUT2D eigenvalue weighted by molar-refractivity contribution is 5.78. The number of carboxylic acid groups (broad SMARTS) is 1. The van der Waals surface area contributed by atoms with E-state index in [1.807, 2.05) is 12.1 Å². The molecule has 6 N–H and O–H groups in total. The second-order valence-electron chi connectivity index (χ2n) is 6.55. The maximum atomic E-state index is 12.1. The van der Waals surface area contributed by atoms with Crippen LogP contribution in [-0.2, 0) is 9.59 Å². The van der Waals surface area contributed by atoms with E-state index in [0.717, 1.165) is 5.56 Å². The summed E-state index contributed by atoms with van der Waals surface area (Å²) in [7, 11) is 0. The van der Waals surface area contributed by atoms with Crippen LogP contribution in [0.15, 0.2) is 24.5 Å². The van der Waals surface area contributed by atoms with E-state index in [-0.39, 0.29) is 35.9 Å². The summed E-state index contributed by atoms with van der Waals surface area (Å²) in [6, 6.07) is 3.13. The van der Waals surface area contributed by atoms with Gasteiger partial charge in [0.1, 0.15) is 6.04 Å². The molecule has 6 unspecified atom stereocenters. The predicted octanol–water partition coefficient (Wildman–Crippen LogP) is -1.51. The van der Waals surface area contributed by atoms with Gasteiger partial charge in [-0.3, -0.25) is 20.0 Å². The molecule has 4 rings (SSSR count). The van der Waals surface area contributed by atoms with Gasteiger partial charge in [-0.1, -0.05) is 6.07 Å². The second kappa shape index (κ2) is 6.10. The van der Waals surface area contributed by atoms with Gasteiger partial charge >= 0.3 is 5.97 Å². The van der Waals surface area contributed by atoms with Crippen molar-refractivity contribution in [3.8, 4) is 0 Å². The van der Waals surface area contributed by atoms with Gasteiger partial charge in [-0.05, 0) is 17.5 Å². The maximum absolute atomic E-state index is 12.1. The first-order valence-electron chi connectivity index (χ1n) is 8.06. The van der Waals surface area contributed by atoms with Crippen molar-refractivity contribution >= 4 is 11.9 Å². The number of piperidine rings is 1. The van der Waals surface area contributed by atoms with Crippen LogP contribution in [-0.4, -0.2) is 40.7 Å². The highest BCUT2D eigenvalue weighted by Gasteiger charge is 2.52. The second-order valence-corrected chi connectivity index (χ2v) is 6.55. The molecule has 0 aromatic carbocycles. The summed E-state index contributed by atoms with van der Waals surface area (Å²) in [5.41, 5.74) is 13.1. The highest BCUT2D eigenvalue weighted by atomic mass is 16.4. The van der Waals surface area contributed by atoms with E-state index >= 15 is 0 Å². The smallest absolute Gasteiger partial charge is 0.322 e. The van der Waals surface area contributed by atoms with Gasteiger partial charge in [-0.25, -0.2) is 16.3 Å². The fraction of sp³-hybridized carbons (Fsp3) is 0.533. The molecule has 0 saturated carbocycles. The molecule has 9 nitrogen and oxygen atoms in total. The Balaban J connectivity index is 1.66. The standard InChI is InChI=1S/C15H20N6O3/c22-10-4-8(9-6-17-19-13(9)15(23)24)11-12(20-21-14(11)18-10)7-2-1-3-16-5-7/h1-3,5,8-9,11-14,17,19-21H,4,6H2,(H,18,22)(H,23,24). The molecule has 0 radical (unpaired) electrons. The molecule has 1 amide bonds. The topological polar surface area (TPSA) is 127 Å². The number of hydrogen-bond donors (Lipinski definition) is 6. The number of aromatic nitrogens is 1. The highest BCUT2D eigenvalue weighted by Crippen LogP contribution is 2.42. The van der Waals surface area contributed by atoms with Crippen LogP contribution in [0.1, 0.15) is 18.0 Å². The minimum atomic E-state index is -0.899. The van der Waals surface area contributed by atoms with Crippen molar-refractivity contribution in [1.82, 2.24) is 32.0 Å². The average molecular weight is 332 g/mol. The van der Waals surface area contributed by atoms with Crippen molar-refractivity contribution in [3.05, 3.63) is 30.1 Å². The summed E-state index contributed by atoms with van der Waals surface area (Å²) >= 11 is 0. The van der Waals surface area contributed by atoms with Crippen LogP contribution in [0.25, 0.3) is 0 Å². The van der Waals surface area contributed by atoms with Gasteiger partial charge in [0.25, 0.3) is 0 Å². The van der Waals surface area contributed by atoms with Crippen molar-refractivity contribution in [3.63, 3.8) is 0 Å². The van der Waals surface area contributed by atoms with E-state index in [4.69, 9.17) is 0 Å². The molecule has 3 aliphatic rings. The van der Waals surface area contributed by atoms with Gasteiger partial charge in [0.2, 0.25) is 5.91 Å². The third-order valence-electron chi connectivity index (χ3n) is 5.28. The number of fused-ring (bicyclic) bond motifs is 1. The molecule has 9 heteroatoms. The first-order valence-corrected chi connectivity index (χ1v) is 8.06. The van der Waals surface area contributed by atoms with Crippen LogP contribution >= 0.6 is 0 Å². The molecular weight excluding hydrogens is 312 g/mol. The van der Waals surface area contributed by atoms with Crippen LogP contribution < -0.4 is 27.0 Å². The van der Waals surface area contributed by atoms with Gasteiger partial charge in [0.05, 0.1) is 12.2 Å². The average Bonchev–Trinajstić information content (AvgIpc) is 3.21. The van der Waals surface area contributed by atoms with E-state index in [2.05, 4.69) is 32.0 Å². The molecule has 6 atom stereocenters. The minimum absolute atomic E-state index is 0.0376. The fourth-order valence-corrected chi connectivity index (χ4v) is 4.23. The number of carboxylic acids is 1. The van der Waals surface area contributed by atoms with Crippen molar-refractivity contribution in [2.24, 2.45) is 17.8 Å². The lowest BCUT2D eigenvalue weighted by molar-refractivity contribution is -0.142. The SMILES string of the molecule is O=C1CC(C2CNNC2C(=O)O)C2C(NNC2c2cccnc2)N1. The number of aliphatic carboxylic acids is 1. The van der Waals surface area contributed by atoms with E-state index < -0.39 is 12.0 Å². The third-order valence-corrected chi connectivity index (χ3v) is 5.28. The molecule has 3 aliphatic heterocycles. The fourth-order valence-electron chi connectivity index (χ4n) is 4.23. The molecule has 0 bridgehead atoms. The largest absolute Gasteiger partial charge is 0.480 e. The Morgan fingerprint density at radius 3 is 2.88 bits per heavy atom. The summed E-state index contributed by atoms with van der Waals surface area (Å²) in [4.78, 5) is 27.8. The van der Waals surface area contributed by atoms with Gasteiger partial charge in [0, 0.05) is 37.2 Å². The summed E-state index contributed by atoms with van der Waals surface area (Å²) in [5.74, 6) is -1.15. The zero-order valence-electron chi connectivity index (χ0n) is 12.9. The third kappa shape index (κ3) is 2.55. The Kier molecular flexibility index (Phi) is 3.93. The zero-order chi connectivity index (χ0) is 16.7. The quantitative estimate of drug-likeness (QED) is 0.394. The maximum Gasteiger partial charge on any atom is 0.322 e. The normalized spacial score (nSPS) is 38.6. The molecular formula is C15H20N6O3. The molecule has 24 heavy (non-hydrogen) atoms. The Hall–Kier alpha value is -2.07. The Morgan fingerprint density at radius 2 is 2.12 bits per heavy atom. The van der Waals surface area contributed by atoms with Crippen LogP contribution in [0.5, 0.6) is 0 Å². The molecule has 3 saturated heterocycles. The van der Waals surface area contributed by atoms with Crippen LogP contribution in [0.2, 0.25) is 0 Å². The van der Waals surface area contributed by atoms with Gasteiger partial charge in [0.15, 0.2) is 0 Å². The molecule has 0 spiro atoms. The monoisotopic (exact) mass is 332 g/mol. The van der Waals surface area contributed by atoms with Crippen molar-refractivity contribution < 1.29 is 14.7 Å². The van der Waals surface area contributed by atoms with E-state index in [0.29, 0.717) is 13.0 Å². The van der Waals surface area contributed by atoms with Gasteiger partial charge in [-0.15, -0.1) is 0 Å². The lowest BCUT2D eigenvalue weighted by Crippen LogP contribution is -2.56. The summed E-state index contributed by atoms with van der Waals surface area (Å²) < 4.78 is 0. The van der Waals surface area contributed by atoms with E-state index in [9.17, 15) is 14.7 Å². The minimum Gasteiger partial charge on any atom is -0.480 e. The number of amides is 1. The molecule has 1 aromatic heterocycles. The summed E-state index contributed by atoms with van der Waals surface area (Å²) in [6.45, 7) is 0.526. The molecule has 3 fully saturated rings. The molecule has 1 aromatic rings. The number of hydrazine groups is 2. The first kappa shape index (κ1) is 15.5. The molecule has 128 valence electrons. The Bertz CT molecular complexity index is 641. The van der Waals surface area contributed by atoms with Crippen LogP contribution in [0.3, 0.4) is 0 Å². The van der Waals surface area contributed by atoms with Gasteiger partial charge in [-0.2, -0.15) is 0 Å². The predicted molar refractivity (Wildman–Crippen MR) is 82.8 cm³/mol. The van der Waals surface area contributed by atoms with Crippen LogP contribution in [0, 0.1) is 17.8 Å². The van der Waals surface area contributed by atoms with Gasteiger partial charge < -0.3 is 10.4 Å². The van der Waals surface area contributed by atoms with E-state index in [1.54, 1.807) is 12.4 Å². The number of rotatable bonds is 3. The molecule has 0 aliphatic carbocycles. The lowest BCUT2D eigenvalue weighted by Gasteiger charge is -2.39. The number of hydrogen-bond acceptors (Lipinski definition) is 7. The number of nitrogens with zero attached hydrogens (tertiary/aromatic N) is 1. The first-order chi connectivity index (χ1) is 11.6. The number of pyridine rings is 1. The van der Waals surface area contributed by atoms with Crippen molar-refractivity contribution in [2.75, 3.05) is 6.54 Å². The zero-order valence-corrected chi connectivity index (χ0v) is 12.9. The number of nitrogens with one attached hydrogen (secondary N) is 5. The Morgan fingerprint density at radius 1 is 1.25 bits per heavy atom. The summed E-state index contributed by atoms with van der Waals surface area (Å²) in [6.07, 6.45) is 3.61. The molecule has 4 heterocycles. The number of carbonyl (C=O) groups is 2. The van der Waals surface area contributed by atoms with Crippen LogP contribution in [0.4, 0.5) is 0 Å². The van der Waals surface area contributed by atoms with E-state index in [1.165, 1.54) is 0 Å².